The summed E-state index contributed by atoms with van der Waals surface area (Å²) in [6.07, 6.45) is 3.92. The van der Waals surface area contributed by atoms with E-state index in [0.717, 1.165) is 0 Å². The minimum atomic E-state index is 0.0635. The summed E-state index contributed by atoms with van der Waals surface area (Å²) in [4.78, 5) is 11.2. The average molecular weight is 168 g/mol. The molecule has 12 heavy (non-hydrogen) atoms. The standard InChI is InChI=1S/C10H16O2/c1-3-4-5-7-8-6(2)12-10(11)9(7)8/h6-9H,3-5H2,1-2H3/t6-,7+,8+,9-/m1/s1. The summed E-state index contributed by atoms with van der Waals surface area (Å²) in [7, 11) is 0. The van der Waals surface area contributed by atoms with Crippen molar-refractivity contribution < 1.29 is 9.53 Å². The Kier molecular flexibility index (Phi) is 1.85. The lowest BCUT2D eigenvalue weighted by atomic mass is 10.1. The Bertz CT molecular complexity index is 200. The zero-order valence-corrected chi connectivity index (χ0v) is 7.75. The van der Waals surface area contributed by atoms with Crippen molar-refractivity contribution in [1.29, 1.82) is 0 Å². The van der Waals surface area contributed by atoms with Gasteiger partial charge in [-0.3, -0.25) is 4.79 Å². The predicted molar refractivity (Wildman–Crippen MR) is 45.5 cm³/mol. The van der Waals surface area contributed by atoms with Gasteiger partial charge in [0.2, 0.25) is 0 Å². The molecular weight excluding hydrogens is 152 g/mol. The Labute approximate surface area is 73.3 Å². The lowest BCUT2D eigenvalue weighted by Crippen LogP contribution is -2.12. The Balaban J connectivity index is 1.87. The van der Waals surface area contributed by atoms with Gasteiger partial charge in [-0.2, -0.15) is 0 Å². The van der Waals surface area contributed by atoms with E-state index < -0.39 is 0 Å². The summed E-state index contributed by atoms with van der Waals surface area (Å²) >= 11 is 0. The van der Waals surface area contributed by atoms with Crippen molar-refractivity contribution in [2.24, 2.45) is 17.8 Å². The van der Waals surface area contributed by atoms with Crippen LogP contribution in [0.2, 0.25) is 0 Å². The number of fused-ring (bicyclic) bond motifs is 1. The highest BCUT2D eigenvalue weighted by molar-refractivity contribution is 5.79. The van der Waals surface area contributed by atoms with Gasteiger partial charge in [0.25, 0.3) is 0 Å². The van der Waals surface area contributed by atoms with Crippen molar-refractivity contribution in [3.63, 3.8) is 0 Å². The molecule has 0 unspecified atom stereocenters. The maximum Gasteiger partial charge on any atom is 0.309 e. The summed E-state index contributed by atoms with van der Waals surface area (Å²) < 4.78 is 5.09. The van der Waals surface area contributed by atoms with Crippen LogP contribution in [0.4, 0.5) is 0 Å². The van der Waals surface area contributed by atoms with Crippen LogP contribution >= 0.6 is 0 Å². The second-order valence-corrected chi connectivity index (χ2v) is 4.05. The number of hydrogen-bond donors (Lipinski definition) is 0. The van der Waals surface area contributed by atoms with Crippen LogP contribution in [0.25, 0.3) is 0 Å². The van der Waals surface area contributed by atoms with Gasteiger partial charge in [-0.1, -0.05) is 19.8 Å². The zero-order chi connectivity index (χ0) is 8.72. The summed E-state index contributed by atoms with van der Waals surface area (Å²) in [5.41, 5.74) is 0. The third-order valence-corrected chi connectivity index (χ3v) is 3.24. The van der Waals surface area contributed by atoms with Crippen LogP contribution in [-0.4, -0.2) is 12.1 Å². The number of carbonyl (C=O) groups excluding carboxylic acids is 1. The monoisotopic (exact) mass is 168 g/mol. The van der Waals surface area contributed by atoms with Crippen LogP contribution in [0.5, 0.6) is 0 Å². The first kappa shape index (κ1) is 8.09. The number of cyclic esters (lactones) is 1. The lowest BCUT2D eigenvalue weighted by Gasteiger charge is -2.08. The second-order valence-electron chi connectivity index (χ2n) is 4.05. The molecule has 68 valence electrons. The van der Waals surface area contributed by atoms with Crippen LogP contribution in [0.1, 0.15) is 33.1 Å². The lowest BCUT2D eigenvalue weighted by molar-refractivity contribution is -0.145. The molecule has 0 amide bonds. The van der Waals surface area contributed by atoms with Crippen molar-refractivity contribution in [2.45, 2.75) is 39.2 Å². The Morgan fingerprint density at radius 2 is 2.25 bits per heavy atom. The van der Waals surface area contributed by atoms with E-state index in [1.807, 2.05) is 6.92 Å². The SMILES string of the molecule is CCCC[C@@H]1[C@H]2C(=O)O[C@H](C)[C@@H]12. The second kappa shape index (κ2) is 2.75. The van der Waals surface area contributed by atoms with Crippen molar-refractivity contribution >= 4 is 5.97 Å². The maximum absolute atomic E-state index is 11.2. The number of hydrogen-bond acceptors (Lipinski definition) is 2. The van der Waals surface area contributed by atoms with Gasteiger partial charge in [0.1, 0.15) is 6.10 Å². The first-order chi connectivity index (χ1) is 5.75. The highest BCUT2D eigenvalue weighted by atomic mass is 16.6. The van der Waals surface area contributed by atoms with Gasteiger partial charge in [-0.15, -0.1) is 0 Å². The molecule has 1 saturated carbocycles. The summed E-state index contributed by atoms with van der Waals surface area (Å²) in [5.74, 6) is 1.59. The topological polar surface area (TPSA) is 26.3 Å². The number of rotatable bonds is 3. The van der Waals surface area contributed by atoms with E-state index in [2.05, 4.69) is 6.92 Å². The van der Waals surface area contributed by atoms with Crippen molar-refractivity contribution in [3.8, 4) is 0 Å². The molecule has 1 aliphatic heterocycles. The fourth-order valence-corrected chi connectivity index (χ4v) is 2.52. The van der Waals surface area contributed by atoms with Gasteiger partial charge in [0, 0.05) is 5.92 Å². The molecule has 0 radical (unpaired) electrons. The summed E-state index contributed by atoms with van der Waals surface area (Å²) in [6, 6.07) is 0. The molecule has 0 spiro atoms. The van der Waals surface area contributed by atoms with Crippen molar-refractivity contribution in [2.75, 3.05) is 0 Å². The fraction of sp³-hybridized carbons (Fsp3) is 0.900. The van der Waals surface area contributed by atoms with Gasteiger partial charge in [0.15, 0.2) is 0 Å². The summed E-state index contributed by atoms with van der Waals surface area (Å²) in [6.45, 7) is 4.22. The van der Waals surface area contributed by atoms with E-state index in [9.17, 15) is 4.79 Å². The molecule has 0 aromatic heterocycles. The van der Waals surface area contributed by atoms with Gasteiger partial charge in [-0.25, -0.2) is 0 Å². The van der Waals surface area contributed by atoms with Crippen molar-refractivity contribution in [1.82, 2.24) is 0 Å². The number of ether oxygens (including phenoxy) is 1. The van der Waals surface area contributed by atoms with Crippen LogP contribution in [0, 0.1) is 17.8 Å². The molecule has 0 aromatic rings. The Hall–Kier alpha value is -0.530. The van der Waals surface area contributed by atoms with E-state index in [0.29, 0.717) is 11.8 Å². The van der Waals surface area contributed by atoms with E-state index in [-0.39, 0.29) is 18.0 Å². The molecule has 0 bridgehead atoms. The molecular formula is C10H16O2. The highest BCUT2D eigenvalue weighted by Crippen LogP contribution is 2.57. The van der Waals surface area contributed by atoms with E-state index in [1.54, 1.807) is 0 Å². The largest absolute Gasteiger partial charge is 0.462 e. The molecule has 2 aliphatic rings. The first-order valence-corrected chi connectivity index (χ1v) is 4.96. The number of unbranched alkanes of at least 4 members (excludes halogenated alkanes) is 1. The van der Waals surface area contributed by atoms with Gasteiger partial charge >= 0.3 is 5.97 Å². The third-order valence-electron chi connectivity index (χ3n) is 3.24. The normalized spacial score (nSPS) is 44.0. The number of esters is 1. The highest BCUT2D eigenvalue weighted by Gasteiger charge is 2.63. The smallest absolute Gasteiger partial charge is 0.309 e. The van der Waals surface area contributed by atoms with Crippen LogP contribution in [0.15, 0.2) is 0 Å². The molecule has 2 heteroatoms. The predicted octanol–water partition coefficient (Wildman–Crippen LogP) is 1.98. The molecule has 0 N–H and O–H groups in total. The molecule has 1 heterocycles. The Morgan fingerprint density at radius 3 is 2.75 bits per heavy atom. The minimum absolute atomic E-state index is 0.0635. The van der Waals surface area contributed by atoms with Crippen LogP contribution in [-0.2, 0) is 9.53 Å². The molecule has 1 saturated heterocycles. The quantitative estimate of drug-likeness (QED) is 0.602. The Morgan fingerprint density at radius 1 is 1.50 bits per heavy atom. The minimum Gasteiger partial charge on any atom is -0.462 e. The molecule has 2 rings (SSSR count). The van der Waals surface area contributed by atoms with Gasteiger partial charge in [-0.05, 0) is 19.3 Å². The third kappa shape index (κ3) is 1.05. The van der Waals surface area contributed by atoms with Crippen LogP contribution < -0.4 is 0 Å². The molecule has 1 aliphatic carbocycles. The zero-order valence-electron chi connectivity index (χ0n) is 7.75. The van der Waals surface area contributed by atoms with E-state index in [1.165, 1.54) is 19.3 Å². The van der Waals surface area contributed by atoms with E-state index in [4.69, 9.17) is 4.74 Å². The van der Waals surface area contributed by atoms with Crippen LogP contribution in [0.3, 0.4) is 0 Å². The van der Waals surface area contributed by atoms with E-state index >= 15 is 0 Å². The maximum atomic E-state index is 11.2. The first-order valence-electron chi connectivity index (χ1n) is 4.96. The molecule has 2 fully saturated rings. The molecule has 2 nitrogen and oxygen atoms in total. The number of carbonyl (C=O) groups is 1. The molecule has 0 aromatic carbocycles. The van der Waals surface area contributed by atoms with Gasteiger partial charge < -0.3 is 4.74 Å². The summed E-state index contributed by atoms with van der Waals surface area (Å²) in [5, 5.41) is 0. The van der Waals surface area contributed by atoms with Crippen molar-refractivity contribution in [3.05, 3.63) is 0 Å². The average Bonchev–Trinajstić information content (AvgIpc) is 2.66. The van der Waals surface area contributed by atoms with Gasteiger partial charge in [0.05, 0.1) is 5.92 Å². The fourth-order valence-electron chi connectivity index (χ4n) is 2.52. The molecule has 4 atom stereocenters.